The van der Waals surface area contributed by atoms with E-state index >= 15 is 0 Å². The fourth-order valence-electron chi connectivity index (χ4n) is 4.94. The Morgan fingerprint density at radius 1 is 1.10 bits per heavy atom. The van der Waals surface area contributed by atoms with Crippen LogP contribution in [0.1, 0.15) is 31.9 Å². The lowest BCUT2D eigenvalue weighted by Gasteiger charge is -2.25. The predicted octanol–water partition coefficient (Wildman–Crippen LogP) is 1.62. The maximum absolute atomic E-state index is 13.5. The van der Waals surface area contributed by atoms with E-state index < -0.39 is 41.1 Å². The van der Waals surface area contributed by atoms with E-state index in [9.17, 15) is 24.0 Å². The number of carbonyl (C=O) groups is 5. The molecule has 0 saturated carbocycles. The van der Waals surface area contributed by atoms with Crippen LogP contribution in [0.15, 0.2) is 42.5 Å². The smallest absolute Gasteiger partial charge is 0.408 e. The lowest BCUT2D eigenvalue weighted by molar-refractivity contribution is -0.123. The van der Waals surface area contributed by atoms with Crippen molar-refractivity contribution < 1.29 is 33.4 Å². The van der Waals surface area contributed by atoms with Crippen LogP contribution in [-0.4, -0.2) is 60.2 Å². The topological polar surface area (TPSA) is 155 Å². The van der Waals surface area contributed by atoms with E-state index in [0.717, 1.165) is 11.1 Å². The van der Waals surface area contributed by atoms with Crippen LogP contribution >= 0.6 is 0 Å². The van der Waals surface area contributed by atoms with Gasteiger partial charge < -0.3 is 25.4 Å². The zero-order valence-corrected chi connectivity index (χ0v) is 21.8. The molecule has 2 aliphatic heterocycles. The first-order chi connectivity index (χ1) is 18.4. The van der Waals surface area contributed by atoms with E-state index in [1.807, 2.05) is 0 Å². The van der Waals surface area contributed by atoms with Crippen LogP contribution in [0.3, 0.4) is 0 Å². The second kappa shape index (κ2) is 9.61. The molecular weight excluding hydrogens is 506 g/mol. The van der Waals surface area contributed by atoms with E-state index in [0.29, 0.717) is 30.0 Å². The van der Waals surface area contributed by atoms with Crippen molar-refractivity contribution in [3.05, 3.63) is 53.6 Å². The normalized spacial score (nSPS) is 21.8. The SMILES string of the molecule is CC(C)(C)OC(=O)NC1COc2ccccc2N(CC(=O)Nc2ccc3c(c2)CC2(C3)NC(=O)NC2=O)C1=O. The van der Waals surface area contributed by atoms with Crippen molar-refractivity contribution in [3.63, 3.8) is 0 Å². The lowest BCUT2D eigenvalue weighted by atomic mass is 9.96. The first-order valence-electron chi connectivity index (χ1n) is 12.5. The number of nitrogens with one attached hydrogen (secondary N) is 4. The van der Waals surface area contributed by atoms with Crippen LogP contribution in [0.25, 0.3) is 0 Å². The Kier molecular flexibility index (Phi) is 6.41. The molecule has 1 fully saturated rings. The zero-order valence-electron chi connectivity index (χ0n) is 21.8. The van der Waals surface area contributed by atoms with E-state index in [-0.39, 0.29) is 19.1 Å². The van der Waals surface area contributed by atoms with Crippen LogP contribution in [0.2, 0.25) is 0 Å². The quantitative estimate of drug-likeness (QED) is 0.434. The Labute approximate surface area is 224 Å². The Hall–Kier alpha value is -4.61. The molecule has 0 radical (unpaired) electrons. The summed E-state index contributed by atoms with van der Waals surface area (Å²) in [5.74, 6) is -0.980. The van der Waals surface area contributed by atoms with E-state index in [4.69, 9.17) is 9.47 Å². The standard InChI is InChI=1S/C27H29N5O7/c1-26(2,3)39-25(37)29-18-14-38-20-7-5-4-6-19(20)32(22(18)34)13-21(33)28-17-9-8-15-11-27(12-16(15)10-17)23(35)30-24(36)31-27/h4-10,18H,11-14H2,1-3H3,(H,28,33)(H,29,37)(H2,30,31,35,36). The molecule has 1 spiro atoms. The summed E-state index contributed by atoms with van der Waals surface area (Å²) in [6, 6.07) is 10.5. The Morgan fingerprint density at radius 3 is 2.56 bits per heavy atom. The van der Waals surface area contributed by atoms with Crippen molar-refractivity contribution >= 4 is 41.2 Å². The molecule has 1 aliphatic carbocycles. The van der Waals surface area contributed by atoms with Crippen LogP contribution in [-0.2, 0) is 32.0 Å². The monoisotopic (exact) mass is 535 g/mol. The fourth-order valence-corrected chi connectivity index (χ4v) is 4.94. The van der Waals surface area contributed by atoms with Gasteiger partial charge in [-0.05, 0) is 56.2 Å². The molecule has 6 amide bonds. The number of alkyl carbamates (subject to hydrolysis) is 1. The first-order valence-corrected chi connectivity index (χ1v) is 12.5. The maximum Gasteiger partial charge on any atom is 0.408 e. The molecule has 0 aromatic heterocycles. The van der Waals surface area contributed by atoms with Gasteiger partial charge in [0.1, 0.15) is 36.1 Å². The number of hydrogen-bond acceptors (Lipinski definition) is 7. The van der Waals surface area contributed by atoms with Gasteiger partial charge in [0.15, 0.2) is 0 Å². The van der Waals surface area contributed by atoms with Crippen molar-refractivity contribution in [2.24, 2.45) is 0 Å². The number of benzene rings is 2. The van der Waals surface area contributed by atoms with Crippen LogP contribution in [0.4, 0.5) is 21.0 Å². The van der Waals surface area contributed by atoms with Gasteiger partial charge in [-0.2, -0.15) is 0 Å². The number of ether oxygens (including phenoxy) is 2. The molecule has 2 heterocycles. The lowest BCUT2D eigenvalue weighted by Crippen LogP contribution is -2.52. The molecule has 204 valence electrons. The number of hydrogen-bond donors (Lipinski definition) is 4. The van der Waals surface area contributed by atoms with Gasteiger partial charge >= 0.3 is 12.1 Å². The Morgan fingerprint density at radius 2 is 1.85 bits per heavy atom. The number of imide groups is 1. The molecule has 0 bridgehead atoms. The Bertz CT molecular complexity index is 1380. The van der Waals surface area contributed by atoms with Gasteiger partial charge in [0, 0.05) is 18.5 Å². The highest BCUT2D eigenvalue weighted by atomic mass is 16.6. The summed E-state index contributed by atoms with van der Waals surface area (Å²) < 4.78 is 11.1. The number of nitrogens with zero attached hydrogens (tertiary/aromatic N) is 1. The molecule has 1 saturated heterocycles. The zero-order chi connectivity index (χ0) is 27.9. The third kappa shape index (κ3) is 5.35. The molecule has 2 aromatic carbocycles. The minimum absolute atomic E-state index is 0.135. The molecule has 3 aliphatic rings. The molecule has 12 heteroatoms. The van der Waals surface area contributed by atoms with Crippen LogP contribution < -0.4 is 30.9 Å². The summed E-state index contributed by atoms with van der Waals surface area (Å²) in [6.45, 7) is 4.65. The molecule has 12 nitrogen and oxygen atoms in total. The number of fused-ring (bicyclic) bond motifs is 2. The van der Waals surface area contributed by atoms with Crippen molar-refractivity contribution in [1.29, 1.82) is 0 Å². The summed E-state index contributed by atoms with van der Waals surface area (Å²) in [5, 5.41) is 10.3. The average Bonchev–Trinajstić information content (AvgIpc) is 3.31. The van der Waals surface area contributed by atoms with Crippen molar-refractivity contribution in [3.8, 4) is 5.75 Å². The highest BCUT2D eigenvalue weighted by Crippen LogP contribution is 2.34. The van der Waals surface area contributed by atoms with Gasteiger partial charge in [-0.25, -0.2) is 9.59 Å². The molecule has 39 heavy (non-hydrogen) atoms. The minimum atomic E-state index is -1.08. The highest BCUT2D eigenvalue weighted by Gasteiger charge is 2.50. The second-order valence-corrected chi connectivity index (χ2v) is 10.8. The summed E-state index contributed by atoms with van der Waals surface area (Å²) >= 11 is 0. The highest BCUT2D eigenvalue weighted by molar-refractivity contribution is 6.08. The number of rotatable bonds is 4. The number of urea groups is 1. The van der Waals surface area contributed by atoms with Gasteiger partial charge in [-0.3, -0.25) is 24.6 Å². The van der Waals surface area contributed by atoms with E-state index in [1.165, 1.54) is 4.90 Å². The van der Waals surface area contributed by atoms with E-state index in [1.54, 1.807) is 63.2 Å². The van der Waals surface area contributed by atoms with Gasteiger partial charge in [0.2, 0.25) is 5.91 Å². The van der Waals surface area contributed by atoms with Crippen LogP contribution in [0, 0.1) is 0 Å². The minimum Gasteiger partial charge on any atom is -0.489 e. The second-order valence-electron chi connectivity index (χ2n) is 10.8. The molecular formula is C27H29N5O7. The number of carbonyl (C=O) groups excluding carboxylic acids is 5. The fraction of sp³-hybridized carbons (Fsp3) is 0.370. The maximum atomic E-state index is 13.5. The summed E-state index contributed by atoms with van der Waals surface area (Å²) in [5.41, 5.74) is 0.830. The van der Waals surface area contributed by atoms with Crippen LogP contribution in [0.5, 0.6) is 5.75 Å². The number of anilines is 2. The molecule has 5 rings (SSSR count). The number of amides is 6. The van der Waals surface area contributed by atoms with Crippen molar-refractivity contribution in [2.45, 2.75) is 50.8 Å². The average molecular weight is 536 g/mol. The molecule has 2 aromatic rings. The summed E-state index contributed by atoms with van der Waals surface area (Å²) in [4.78, 5) is 64.2. The molecule has 2 atom stereocenters. The van der Waals surface area contributed by atoms with Crippen molar-refractivity contribution in [1.82, 2.24) is 16.0 Å². The third-order valence-corrected chi connectivity index (χ3v) is 6.61. The summed E-state index contributed by atoms with van der Waals surface area (Å²) in [7, 11) is 0. The van der Waals surface area contributed by atoms with Gasteiger partial charge in [0.05, 0.1) is 5.69 Å². The number of para-hydroxylation sites is 2. The van der Waals surface area contributed by atoms with Crippen molar-refractivity contribution in [2.75, 3.05) is 23.4 Å². The molecule has 4 N–H and O–H groups in total. The van der Waals surface area contributed by atoms with Gasteiger partial charge in [0.25, 0.3) is 11.8 Å². The first kappa shape index (κ1) is 26.0. The largest absolute Gasteiger partial charge is 0.489 e. The predicted molar refractivity (Wildman–Crippen MR) is 139 cm³/mol. The Balaban J connectivity index is 1.31. The summed E-state index contributed by atoms with van der Waals surface area (Å²) in [6.07, 6.45) is -0.112. The van der Waals surface area contributed by atoms with Gasteiger partial charge in [-0.15, -0.1) is 0 Å². The van der Waals surface area contributed by atoms with E-state index in [2.05, 4.69) is 21.3 Å². The molecule has 2 unspecified atom stereocenters. The van der Waals surface area contributed by atoms with Gasteiger partial charge in [-0.1, -0.05) is 18.2 Å². The third-order valence-electron chi connectivity index (χ3n) is 6.61.